The highest BCUT2D eigenvalue weighted by Gasteiger charge is 2.48. The Kier molecular flexibility index (Phi) is 3.89. The van der Waals surface area contributed by atoms with Crippen LogP contribution >= 0.6 is 11.6 Å². The highest BCUT2D eigenvalue weighted by molar-refractivity contribution is 6.34. The Morgan fingerprint density at radius 3 is 2.72 bits per heavy atom. The first-order valence-electron chi connectivity index (χ1n) is 8.88. The number of halogens is 1. The van der Waals surface area contributed by atoms with Gasteiger partial charge in [0.1, 0.15) is 0 Å². The number of carbonyl (C=O) groups is 1. The Morgan fingerprint density at radius 1 is 1.20 bits per heavy atom. The van der Waals surface area contributed by atoms with Gasteiger partial charge in [-0.2, -0.15) is 0 Å². The normalized spacial score (nSPS) is 23.9. The first-order valence-corrected chi connectivity index (χ1v) is 9.26. The van der Waals surface area contributed by atoms with Crippen LogP contribution < -0.4 is 4.90 Å². The van der Waals surface area contributed by atoms with Crippen molar-refractivity contribution < 1.29 is 9.28 Å². The van der Waals surface area contributed by atoms with Crippen LogP contribution in [0.25, 0.3) is 0 Å². The number of hydrogen-bond acceptors (Lipinski definition) is 1. The molecule has 2 aliphatic rings. The number of carbonyl (C=O) groups excluding carboxylic acids is 1. The number of quaternary nitrogens is 1. The molecule has 2 atom stereocenters. The molecule has 0 saturated carbocycles. The number of likely N-dealkylation sites (N-methyl/N-ethyl adjacent to an activating group) is 1. The van der Waals surface area contributed by atoms with Gasteiger partial charge in [0.05, 0.1) is 49.7 Å². The maximum atomic E-state index is 13.4. The fraction of sp³-hybridized carbons (Fsp3) is 0.381. The number of fused-ring (bicyclic) bond motifs is 3. The van der Waals surface area contributed by atoms with Crippen molar-refractivity contribution >= 4 is 23.2 Å². The van der Waals surface area contributed by atoms with Crippen LogP contribution in [0, 0.1) is 6.92 Å². The molecule has 1 fully saturated rings. The molecular weight excluding hydrogens is 332 g/mol. The molecule has 0 N–H and O–H groups in total. The van der Waals surface area contributed by atoms with Crippen molar-refractivity contribution in [3.05, 3.63) is 64.2 Å². The van der Waals surface area contributed by atoms with E-state index in [4.69, 9.17) is 11.6 Å². The van der Waals surface area contributed by atoms with Crippen molar-refractivity contribution in [3.63, 3.8) is 0 Å². The average molecular weight is 356 g/mol. The fourth-order valence-electron chi connectivity index (χ4n) is 4.44. The Hall–Kier alpha value is -1.84. The standard InChI is InChI=1S/C21H24ClN2O/c1-14-8-9-19-16(12-14)17-13-24(2,3)11-10-20(17)23(19)21(25)15-6-4-5-7-18(15)22/h4-9,12,17,20H,10-11,13H2,1-3H3/q+1. The van der Waals surface area contributed by atoms with Crippen molar-refractivity contribution in [2.24, 2.45) is 0 Å². The third kappa shape index (κ3) is 2.76. The predicted molar refractivity (Wildman–Crippen MR) is 102 cm³/mol. The number of hydrogen-bond donors (Lipinski definition) is 0. The molecule has 2 aromatic carbocycles. The zero-order chi connectivity index (χ0) is 17.8. The van der Waals surface area contributed by atoms with E-state index in [0.717, 1.165) is 29.7 Å². The number of benzene rings is 2. The lowest BCUT2D eigenvalue weighted by atomic mass is 9.87. The molecule has 2 heterocycles. The number of piperidine rings is 1. The number of amides is 1. The summed E-state index contributed by atoms with van der Waals surface area (Å²) in [5.74, 6) is 0.417. The van der Waals surface area contributed by atoms with Crippen LogP contribution in [-0.2, 0) is 0 Å². The summed E-state index contributed by atoms with van der Waals surface area (Å²) in [5.41, 5.74) is 4.22. The third-order valence-corrected chi connectivity index (χ3v) is 6.01. The second-order valence-electron chi connectivity index (χ2n) is 8.02. The van der Waals surface area contributed by atoms with E-state index >= 15 is 0 Å². The SMILES string of the molecule is Cc1ccc2c(c1)C1C[N+](C)(C)CCC1N2C(=O)c1ccccc1Cl. The molecular formula is C21H24ClN2O+. The van der Waals surface area contributed by atoms with Crippen molar-refractivity contribution in [1.29, 1.82) is 0 Å². The molecule has 1 amide bonds. The van der Waals surface area contributed by atoms with E-state index in [0.29, 0.717) is 16.5 Å². The largest absolute Gasteiger partial charge is 0.328 e. The van der Waals surface area contributed by atoms with Crippen LogP contribution in [0.3, 0.4) is 0 Å². The van der Waals surface area contributed by atoms with Gasteiger partial charge in [-0.3, -0.25) is 4.79 Å². The summed E-state index contributed by atoms with van der Waals surface area (Å²) in [6.45, 7) is 4.27. The maximum absolute atomic E-state index is 13.4. The second kappa shape index (κ2) is 5.86. The van der Waals surface area contributed by atoms with Crippen LogP contribution in [0.1, 0.15) is 33.8 Å². The van der Waals surface area contributed by atoms with Crippen LogP contribution in [0.15, 0.2) is 42.5 Å². The van der Waals surface area contributed by atoms with E-state index < -0.39 is 0 Å². The minimum absolute atomic E-state index is 0.0235. The van der Waals surface area contributed by atoms with Gasteiger partial charge in [-0.25, -0.2) is 0 Å². The lowest BCUT2D eigenvalue weighted by molar-refractivity contribution is -0.896. The lowest BCUT2D eigenvalue weighted by Crippen LogP contribution is -2.54. The Labute approximate surface area is 154 Å². The molecule has 25 heavy (non-hydrogen) atoms. The van der Waals surface area contributed by atoms with E-state index in [1.54, 1.807) is 6.07 Å². The van der Waals surface area contributed by atoms with Gasteiger partial charge in [0.25, 0.3) is 5.91 Å². The van der Waals surface area contributed by atoms with E-state index in [1.165, 1.54) is 11.1 Å². The monoisotopic (exact) mass is 355 g/mol. The highest BCUT2D eigenvalue weighted by atomic mass is 35.5. The first-order chi connectivity index (χ1) is 11.9. The number of anilines is 1. The fourth-order valence-corrected chi connectivity index (χ4v) is 4.65. The first kappa shape index (κ1) is 16.6. The highest BCUT2D eigenvalue weighted by Crippen LogP contribution is 2.46. The van der Waals surface area contributed by atoms with Gasteiger partial charge in [-0.15, -0.1) is 0 Å². The number of rotatable bonds is 1. The summed E-state index contributed by atoms with van der Waals surface area (Å²) >= 11 is 6.32. The second-order valence-corrected chi connectivity index (χ2v) is 8.43. The zero-order valence-corrected chi connectivity index (χ0v) is 15.8. The molecule has 0 radical (unpaired) electrons. The Balaban J connectivity index is 1.81. The Bertz CT molecular complexity index is 846. The van der Waals surface area contributed by atoms with Gasteiger partial charge in [0, 0.05) is 12.1 Å². The summed E-state index contributed by atoms with van der Waals surface area (Å²) < 4.78 is 1.00. The molecule has 1 saturated heterocycles. The van der Waals surface area contributed by atoms with Gasteiger partial charge in [0.2, 0.25) is 0 Å². The summed E-state index contributed by atoms with van der Waals surface area (Å²) in [7, 11) is 4.56. The molecule has 3 nitrogen and oxygen atoms in total. The molecule has 4 rings (SSSR count). The smallest absolute Gasteiger partial charge is 0.260 e. The molecule has 0 spiro atoms. The van der Waals surface area contributed by atoms with E-state index in [2.05, 4.69) is 39.2 Å². The molecule has 0 aromatic heterocycles. The molecule has 2 aliphatic heterocycles. The van der Waals surface area contributed by atoms with Gasteiger partial charge >= 0.3 is 0 Å². The van der Waals surface area contributed by atoms with Gasteiger partial charge in [-0.1, -0.05) is 41.4 Å². The maximum Gasteiger partial charge on any atom is 0.260 e. The molecule has 4 heteroatoms. The molecule has 2 aromatic rings. The van der Waals surface area contributed by atoms with Crippen LogP contribution in [0.4, 0.5) is 5.69 Å². The Morgan fingerprint density at radius 2 is 1.96 bits per heavy atom. The van der Waals surface area contributed by atoms with E-state index in [9.17, 15) is 4.79 Å². The molecule has 0 aliphatic carbocycles. The molecule has 2 unspecified atom stereocenters. The molecule has 0 bridgehead atoms. The number of aryl methyl sites for hydroxylation is 1. The van der Waals surface area contributed by atoms with Crippen molar-refractivity contribution in [2.45, 2.75) is 25.3 Å². The molecule has 130 valence electrons. The quantitative estimate of drug-likeness (QED) is 0.700. The summed E-state index contributed by atoms with van der Waals surface area (Å²) in [5, 5.41) is 0.525. The van der Waals surface area contributed by atoms with Crippen molar-refractivity contribution in [2.75, 3.05) is 32.1 Å². The van der Waals surface area contributed by atoms with E-state index in [1.807, 2.05) is 23.1 Å². The van der Waals surface area contributed by atoms with Crippen LogP contribution in [-0.4, -0.2) is 43.6 Å². The van der Waals surface area contributed by atoms with Crippen molar-refractivity contribution in [3.8, 4) is 0 Å². The summed E-state index contributed by atoms with van der Waals surface area (Å²) in [6, 6.07) is 14.1. The topological polar surface area (TPSA) is 20.3 Å². The van der Waals surface area contributed by atoms with Gasteiger partial charge in [-0.05, 0) is 30.7 Å². The minimum Gasteiger partial charge on any atom is -0.328 e. The van der Waals surface area contributed by atoms with Crippen LogP contribution in [0.5, 0.6) is 0 Å². The van der Waals surface area contributed by atoms with Crippen molar-refractivity contribution in [1.82, 2.24) is 0 Å². The average Bonchev–Trinajstić information content (AvgIpc) is 2.86. The van der Waals surface area contributed by atoms with E-state index in [-0.39, 0.29) is 11.9 Å². The van der Waals surface area contributed by atoms with Gasteiger partial charge in [0.15, 0.2) is 0 Å². The van der Waals surface area contributed by atoms with Gasteiger partial charge < -0.3 is 9.38 Å². The third-order valence-electron chi connectivity index (χ3n) is 5.68. The predicted octanol–water partition coefficient (Wildman–Crippen LogP) is 4.24. The summed E-state index contributed by atoms with van der Waals surface area (Å²) in [4.78, 5) is 15.4. The number of likely N-dealkylation sites (tertiary alicyclic amines) is 1. The minimum atomic E-state index is 0.0235. The van der Waals surface area contributed by atoms with Crippen LogP contribution in [0.2, 0.25) is 5.02 Å². The zero-order valence-electron chi connectivity index (χ0n) is 15.0. The summed E-state index contributed by atoms with van der Waals surface area (Å²) in [6.07, 6.45) is 1.02. The number of nitrogens with zero attached hydrogens (tertiary/aromatic N) is 2. The lowest BCUT2D eigenvalue weighted by Gasteiger charge is -2.41.